The molecule has 1 aliphatic heterocycles. The molecule has 0 radical (unpaired) electrons. The molecule has 1 saturated carbocycles. The molecule has 1 aliphatic carbocycles. The first-order chi connectivity index (χ1) is 7.37. The fraction of sp³-hybridized carbons (Fsp3) is 0.917. The second-order valence-corrected chi connectivity index (χ2v) is 5.93. The molecule has 0 bridgehead atoms. The maximum Gasteiger partial charge on any atom is 0.410 e. The highest BCUT2D eigenvalue weighted by atomic mass is 16.6. The number of aliphatic hydroxyl groups excluding tert-OH is 1. The van der Waals surface area contributed by atoms with Crippen molar-refractivity contribution in [3.63, 3.8) is 0 Å². The summed E-state index contributed by atoms with van der Waals surface area (Å²) in [5.74, 6) is 0.483. The Hall–Kier alpha value is -0.770. The lowest BCUT2D eigenvalue weighted by Crippen LogP contribution is -2.61. The van der Waals surface area contributed by atoms with Gasteiger partial charge in [-0.25, -0.2) is 4.79 Å². The van der Waals surface area contributed by atoms with Crippen LogP contribution in [0.5, 0.6) is 0 Å². The topological polar surface area (TPSA) is 49.8 Å². The number of nitrogens with zero attached hydrogens (tertiary/aromatic N) is 1. The van der Waals surface area contributed by atoms with E-state index in [-0.39, 0.29) is 12.2 Å². The summed E-state index contributed by atoms with van der Waals surface area (Å²) < 4.78 is 5.34. The number of hydrogen-bond acceptors (Lipinski definition) is 3. The Bertz CT molecular complexity index is 284. The van der Waals surface area contributed by atoms with E-state index in [9.17, 15) is 9.90 Å². The second kappa shape index (κ2) is 3.91. The highest BCUT2D eigenvalue weighted by Gasteiger charge is 2.46. The number of aliphatic hydroxyl groups is 1. The monoisotopic (exact) mass is 227 g/mol. The summed E-state index contributed by atoms with van der Waals surface area (Å²) in [7, 11) is 0. The zero-order valence-corrected chi connectivity index (χ0v) is 10.3. The molecule has 3 atom stereocenters. The molecule has 0 spiro atoms. The predicted octanol–water partition coefficient (Wildman–Crippen LogP) is 1.77. The SMILES string of the molecule is CC(C)(C)OC(=O)N1CC2CC(O)CCC21. The van der Waals surface area contributed by atoms with Crippen molar-refractivity contribution in [3.05, 3.63) is 0 Å². The van der Waals surface area contributed by atoms with Gasteiger partial charge in [0.05, 0.1) is 6.10 Å². The molecule has 1 N–H and O–H groups in total. The smallest absolute Gasteiger partial charge is 0.410 e. The number of fused-ring (bicyclic) bond motifs is 1. The van der Waals surface area contributed by atoms with Gasteiger partial charge in [-0.1, -0.05) is 0 Å². The Morgan fingerprint density at radius 2 is 2.06 bits per heavy atom. The van der Waals surface area contributed by atoms with Gasteiger partial charge in [-0.05, 0) is 46.0 Å². The Morgan fingerprint density at radius 1 is 1.38 bits per heavy atom. The minimum atomic E-state index is -0.420. The molecule has 92 valence electrons. The van der Waals surface area contributed by atoms with Gasteiger partial charge in [-0.3, -0.25) is 0 Å². The van der Waals surface area contributed by atoms with Gasteiger partial charge in [-0.15, -0.1) is 0 Å². The first kappa shape index (κ1) is 11.7. The maximum absolute atomic E-state index is 11.8. The van der Waals surface area contributed by atoms with Crippen LogP contribution in [0.3, 0.4) is 0 Å². The summed E-state index contributed by atoms with van der Waals surface area (Å²) in [5, 5.41) is 9.51. The van der Waals surface area contributed by atoms with Gasteiger partial charge < -0.3 is 14.7 Å². The van der Waals surface area contributed by atoms with Crippen molar-refractivity contribution in [2.24, 2.45) is 5.92 Å². The first-order valence-electron chi connectivity index (χ1n) is 6.04. The fourth-order valence-corrected chi connectivity index (χ4v) is 2.61. The van der Waals surface area contributed by atoms with Gasteiger partial charge in [0.1, 0.15) is 5.60 Å². The van der Waals surface area contributed by atoms with Crippen LogP contribution in [0.2, 0.25) is 0 Å². The van der Waals surface area contributed by atoms with Crippen LogP contribution in [0.15, 0.2) is 0 Å². The minimum absolute atomic E-state index is 0.165. The molecule has 4 heteroatoms. The molecule has 2 aliphatic rings. The summed E-state index contributed by atoms with van der Waals surface area (Å²) in [5.41, 5.74) is -0.420. The van der Waals surface area contributed by atoms with Crippen LogP contribution in [-0.2, 0) is 4.74 Å². The van der Waals surface area contributed by atoms with Crippen molar-refractivity contribution < 1.29 is 14.6 Å². The third-order valence-electron chi connectivity index (χ3n) is 3.37. The number of ether oxygens (including phenoxy) is 1. The summed E-state index contributed by atoms with van der Waals surface area (Å²) in [6.07, 6.45) is 2.18. The van der Waals surface area contributed by atoms with Crippen LogP contribution in [0.1, 0.15) is 40.0 Å². The van der Waals surface area contributed by atoms with Crippen LogP contribution in [0, 0.1) is 5.92 Å². The molecule has 16 heavy (non-hydrogen) atoms. The first-order valence-corrected chi connectivity index (χ1v) is 6.04. The van der Waals surface area contributed by atoms with E-state index in [2.05, 4.69) is 0 Å². The van der Waals surface area contributed by atoms with E-state index < -0.39 is 5.60 Å². The van der Waals surface area contributed by atoms with Crippen LogP contribution in [0.4, 0.5) is 4.79 Å². The molecule has 2 rings (SSSR count). The molecule has 0 aromatic heterocycles. The molecule has 4 nitrogen and oxygen atoms in total. The molecule has 0 aromatic carbocycles. The highest BCUT2D eigenvalue weighted by molar-refractivity contribution is 5.69. The minimum Gasteiger partial charge on any atom is -0.444 e. The largest absolute Gasteiger partial charge is 0.444 e. The van der Waals surface area contributed by atoms with Crippen LogP contribution >= 0.6 is 0 Å². The average Bonchev–Trinajstić information content (AvgIpc) is 2.06. The number of carbonyl (C=O) groups excluding carboxylic acids is 1. The van der Waals surface area contributed by atoms with E-state index in [4.69, 9.17) is 4.74 Å². The number of likely N-dealkylation sites (tertiary alicyclic amines) is 1. The average molecular weight is 227 g/mol. The number of carbonyl (C=O) groups is 1. The summed E-state index contributed by atoms with van der Waals surface area (Å²) in [4.78, 5) is 13.6. The van der Waals surface area contributed by atoms with Crippen LogP contribution in [0.25, 0.3) is 0 Å². The third kappa shape index (κ3) is 2.32. The van der Waals surface area contributed by atoms with Gasteiger partial charge in [-0.2, -0.15) is 0 Å². The van der Waals surface area contributed by atoms with Crippen molar-refractivity contribution in [2.75, 3.05) is 6.54 Å². The highest BCUT2D eigenvalue weighted by Crippen LogP contribution is 2.38. The van der Waals surface area contributed by atoms with E-state index in [0.717, 1.165) is 25.8 Å². The molecule has 1 heterocycles. The van der Waals surface area contributed by atoms with Gasteiger partial charge in [0.2, 0.25) is 0 Å². The van der Waals surface area contributed by atoms with Crippen molar-refractivity contribution in [1.82, 2.24) is 4.90 Å². The maximum atomic E-state index is 11.8. The van der Waals surface area contributed by atoms with E-state index in [1.54, 1.807) is 0 Å². The lowest BCUT2D eigenvalue weighted by atomic mass is 9.76. The normalized spacial score (nSPS) is 34.0. The van der Waals surface area contributed by atoms with Gasteiger partial charge in [0.25, 0.3) is 0 Å². The van der Waals surface area contributed by atoms with Crippen molar-refractivity contribution in [1.29, 1.82) is 0 Å². The summed E-state index contributed by atoms with van der Waals surface area (Å²) >= 11 is 0. The Morgan fingerprint density at radius 3 is 2.62 bits per heavy atom. The fourth-order valence-electron chi connectivity index (χ4n) is 2.61. The lowest BCUT2D eigenvalue weighted by molar-refractivity contribution is -0.0650. The van der Waals surface area contributed by atoms with Gasteiger partial charge in [0, 0.05) is 12.6 Å². The zero-order chi connectivity index (χ0) is 11.9. The molecular formula is C12H21NO3. The van der Waals surface area contributed by atoms with Gasteiger partial charge in [0.15, 0.2) is 0 Å². The molecule has 0 aromatic rings. The second-order valence-electron chi connectivity index (χ2n) is 5.93. The summed E-state index contributed by atoms with van der Waals surface area (Å²) in [6.45, 7) is 6.39. The number of hydrogen-bond donors (Lipinski definition) is 1. The van der Waals surface area contributed by atoms with Crippen LogP contribution in [-0.4, -0.2) is 40.4 Å². The Balaban J connectivity index is 1.87. The molecule has 2 fully saturated rings. The van der Waals surface area contributed by atoms with E-state index in [0.29, 0.717) is 12.0 Å². The Labute approximate surface area is 96.6 Å². The van der Waals surface area contributed by atoms with Gasteiger partial charge >= 0.3 is 6.09 Å². The van der Waals surface area contributed by atoms with E-state index in [1.165, 1.54) is 0 Å². The molecule has 3 unspecified atom stereocenters. The number of rotatable bonds is 0. The molecule has 1 saturated heterocycles. The van der Waals surface area contributed by atoms with E-state index in [1.807, 2.05) is 25.7 Å². The Kier molecular flexibility index (Phi) is 2.86. The van der Waals surface area contributed by atoms with Crippen molar-refractivity contribution >= 4 is 6.09 Å². The van der Waals surface area contributed by atoms with Crippen LogP contribution < -0.4 is 0 Å². The third-order valence-corrected chi connectivity index (χ3v) is 3.37. The quantitative estimate of drug-likeness (QED) is 0.686. The molecular weight excluding hydrogens is 206 g/mol. The standard InChI is InChI=1S/C12H21NO3/c1-12(2,3)16-11(15)13-7-8-6-9(14)4-5-10(8)13/h8-10,14H,4-7H2,1-3H3. The van der Waals surface area contributed by atoms with E-state index >= 15 is 0 Å². The lowest BCUT2D eigenvalue weighted by Gasteiger charge is -2.51. The van der Waals surface area contributed by atoms with Crippen molar-refractivity contribution in [3.8, 4) is 0 Å². The summed E-state index contributed by atoms with van der Waals surface area (Å²) in [6, 6.07) is 0.304. The zero-order valence-electron chi connectivity index (χ0n) is 10.3. The number of amides is 1. The van der Waals surface area contributed by atoms with Crippen molar-refractivity contribution in [2.45, 2.75) is 57.8 Å². The predicted molar refractivity (Wildman–Crippen MR) is 60.1 cm³/mol. The molecule has 1 amide bonds.